The van der Waals surface area contributed by atoms with Gasteiger partial charge in [0.05, 0.1) is 18.9 Å². The van der Waals surface area contributed by atoms with Crippen LogP contribution in [0.4, 0.5) is 4.39 Å². The highest BCUT2D eigenvalue weighted by Gasteiger charge is 2.01. The van der Waals surface area contributed by atoms with Crippen molar-refractivity contribution in [2.45, 2.75) is 25.6 Å². The molecular weight excluding hydrogens is 149 g/mol. The van der Waals surface area contributed by atoms with Crippen molar-refractivity contribution in [1.29, 1.82) is 0 Å². The maximum absolute atomic E-state index is 12.2. The topological polar surface area (TPSA) is 52.5 Å². The fourth-order valence-electron chi connectivity index (χ4n) is 0.634. The SMILES string of the molecule is CC(F)CCNCC(O)CO. The maximum Gasteiger partial charge on any atom is 0.0985 e. The molecule has 4 heteroatoms. The molecule has 0 heterocycles. The number of halogens is 1. The smallest absolute Gasteiger partial charge is 0.0985 e. The minimum absolute atomic E-state index is 0.252. The maximum atomic E-state index is 12.2. The van der Waals surface area contributed by atoms with E-state index in [1.165, 1.54) is 6.92 Å². The molecule has 0 radical (unpaired) electrons. The first-order chi connectivity index (χ1) is 5.16. The summed E-state index contributed by atoms with van der Waals surface area (Å²) < 4.78 is 12.2. The molecule has 0 aliphatic rings. The summed E-state index contributed by atoms with van der Waals surface area (Å²) in [6, 6.07) is 0. The normalized spacial score (nSPS) is 16.4. The average molecular weight is 165 g/mol. The van der Waals surface area contributed by atoms with E-state index < -0.39 is 12.3 Å². The number of hydrogen-bond donors (Lipinski definition) is 3. The van der Waals surface area contributed by atoms with Crippen molar-refractivity contribution in [1.82, 2.24) is 5.32 Å². The van der Waals surface area contributed by atoms with Crippen LogP contribution in [-0.2, 0) is 0 Å². The van der Waals surface area contributed by atoms with Gasteiger partial charge in [0.15, 0.2) is 0 Å². The van der Waals surface area contributed by atoms with E-state index in [9.17, 15) is 4.39 Å². The lowest BCUT2D eigenvalue weighted by Gasteiger charge is -2.08. The Bertz CT molecular complexity index is 90.5. The van der Waals surface area contributed by atoms with Crippen LogP contribution >= 0.6 is 0 Å². The third kappa shape index (κ3) is 7.71. The number of rotatable bonds is 6. The highest BCUT2D eigenvalue weighted by molar-refractivity contribution is 4.58. The van der Waals surface area contributed by atoms with E-state index in [1.54, 1.807) is 0 Å². The Morgan fingerprint density at radius 1 is 1.55 bits per heavy atom. The molecule has 0 aromatic carbocycles. The molecule has 0 amide bonds. The van der Waals surface area contributed by atoms with Crippen molar-refractivity contribution in [3.05, 3.63) is 0 Å². The first-order valence-electron chi connectivity index (χ1n) is 3.80. The lowest BCUT2D eigenvalue weighted by Crippen LogP contribution is -2.30. The van der Waals surface area contributed by atoms with Gasteiger partial charge in [-0.25, -0.2) is 4.39 Å². The molecule has 0 saturated heterocycles. The summed E-state index contributed by atoms with van der Waals surface area (Å²) in [5.74, 6) is 0. The van der Waals surface area contributed by atoms with E-state index in [0.29, 0.717) is 19.5 Å². The number of nitrogens with one attached hydrogen (secondary N) is 1. The van der Waals surface area contributed by atoms with E-state index in [2.05, 4.69) is 5.32 Å². The molecule has 3 N–H and O–H groups in total. The largest absolute Gasteiger partial charge is 0.394 e. The minimum Gasteiger partial charge on any atom is -0.394 e. The number of aliphatic hydroxyl groups is 2. The zero-order valence-electron chi connectivity index (χ0n) is 6.76. The van der Waals surface area contributed by atoms with Gasteiger partial charge in [0, 0.05) is 6.54 Å². The summed E-state index contributed by atoms with van der Waals surface area (Å²) in [7, 11) is 0. The molecule has 0 aliphatic carbocycles. The van der Waals surface area contributed by atoms with Crippen LogP contribution in [0.25, 0.3) is 0 Å². The zero-order valence-corrected chi connectivity index (χ0v) is 6.76. The molecule has 11 heavy (non-hydrogen) atoms. The lowest BCUT2D eigenvalue weighted by atomic mass is 10.3. The van der Waals surface area contributed by atoms with E-state index in [1.807, 2.05) is 0 Å². The van der Waals surface area contributed by atoms with E-state index in [4.69, 9.17) is 10.2 Å². The molecule has 3 nitrogen and oxygen atoms in total. The van der Waals surface area contributed by atoms with Gasteiger partial charge >= 0.3 is 0 Å². The summed E-state index contributed by atoms with van der Waals surface area (Å²) in [6.07, 6.45) is -1.10. The summed E-state index contributed by atoms with van der Waals surface area (Å²) in [5.41, 5.74) is 0. The van der Waals surface area contributed by atoms with E-state index >= 15 is 0 Å². The molecular formula is C7H16FNO2. The number of alkyl halides is 1. The second-order valence-corrected chi connectivity index (χ2v) is 2.61. The summed E-state index contributed by atoms with van der Waals surface area (Å²) in [5, 5.41) is 20.0. The highest BCUT2D eigenvalue weighted by Crippen LogP contribution is 1.92. The molecule has 0 saturated carbocycles. The quantitative estimate of drug-likeness (QED) is 0.473. The number of aliphatic hydroxyl groups excluding tert-OH is 2. The second-order valence-electron chi connectivity index (χ2n) is 2.61. The predicted octanol–water partition coefficient (Wildman–Crippen LogP) is -0.323. The number of hydrogen-bond acceptors (Lipinski definition) is 3. The van der Waals surface area contributed by atoms with Gasteiger partial charge in [-0.1, -0.05) is 0 Å². The van der Waals surface area contributed by atoms with Crippen LogP contribution < -0.4 is 5.32 Å². The van der Waals surface area contributed by atoms with E-state index in [0.717, 1.165) is 0 Å². The lowest BCUT2D eigenvalue weighted by molar-refractivity contribution is 0.0941. The summed E-state index contributed by atoms with van der Waals surface area (Å²) in [6.45, 7) is 2.10. The summed E-state index contributed by atoms with van der Waals surface area (Å²) in [4.78, 5) is 0. The Kier molecular flexibility index (Phi) is 6.40. The highest BCUT2D eigenvalue weighted by atomic mass is 19.1. The van der Waals surface area contributed by atoms with Crippen LogP contribution in [0.2, 0.25) is 0 Å². The van der Waals surface area contributed by atoms with Gasteiger partial charge in [-0.15, -0.1) is 0 Å². The summed E-state index contributed by atoms with van der Waals surface area (Å²) >= 11 is 0. The van der Waals surface area contributed by atoms with Crippen LogP contribution in [0.3, 0.4) is 0 Å². The molecule has 0 bridgehead atoms. The standard InChI is InChI=1S/C7H16FNO2/c1-6(8)2-3-9-4-7(11)5-10/h6-7,9-11H,2-5H2,1H3. The van der Waals surface area contributed by atoms with Crippen molar-refractivity contribution >= 4 is 0 Å². The molecule has 68 valence electrons. The van der Waals surface area contributed by atoms with Crippen molar-refractivity contribution in [2.24, 2.45) is 0 Å². The molecule has 0 fully saturated rings. The van der Waals surface area contributed by atoms with Crippen LogP contribution in [0.15, 0.2) is 0 Å². The predicted molar refractivity (Wildman–Crippen MR) is 41.1 cm³/mol. The molecule has 2 unspecified atom stereocenters. The second kappa shape index (κ2) is 6.52. The van der Waals surface area contributed by atoms with Gasteiger partial charge in [-0.2, -0.15) is 0 Å². The Balaban J connectivity index is 3.01. The van der Waals surface area contributed by atoms with Crippen molar-refractivity contribution < 1.29 is 14.6 Å². The Morgan fingerprint density at radius 3 is 2.64 bits per heavy atom. The van der Waals surface area contributed by atoms with Gasteiger partial charge in [0.25, 0.3) is 0 Å². The fraction of sp³-hybridized carbons (Fsp3) is 1.00. The molecule has 0 aliphatic heterocycles. The zero-order chi connectivity index (χ0) is 8.69. The van der Waals surface area contributed by atoms with Gasteiger partial charge in [-0.05, 0) is 19.9 Å². The molecule has 2 atom stereocenters. The first-order valence-corrected chi connectivity index (χ1v) is 3.80. The molecule has 0 rings (SSSR count). The van der Waals surface area contributed by atoms with Crippen LogP contribution in [0.1, 0.15) is 13.3 Å². The molecule has 0 aromatic rings. The Labute approximate surface area is 66.2 Å². The third-order valence-corrected chi connectivity index (χ3v) is 1.31. The van der Waals surface area contributed by atoms with Gasteiger partial charge < -0.3 is 15.5 Å². The van der Waals surface area contributed by atoms with E-state index in [-0.39, 0.29) is 6.61 Å². The van der Waals surface area contributed by atoms with Gasteiger partial charge in [0.2, 0.25) is 0 Å². The fourth-order valence-corrected chi connectivity index (χ4v) is 0.634. The van der Waals surface area contributed by atoms with Gasteiger partial charge in [-0.3, -0.25) is 0 Å². The third-order valence-electron chi connectivity index (χ3n) is 1.31. The first kappa shape index (κ1) is 10.8. The van der Waals surface area contributed by atoms with Crippen LogP contribution in [0.5, 0.6) is 0 Å². The molecule has 0 spiro atoms. The van der Waals surface area contributed by atoms with Crippen LogP contribution in [0, 0.1) is 0 Å². The van der Waals surface area contributed by atoms with Crippen molar-refractivity contribution in [2.75, 3.05) is 19.7 Å². The average Bonchev–Trinajstić information content (AvgIpc) is 1.97. The van der Waals surface area contributed by atoms with Crippen molar-refractivity contribution in [3.8, 4) is 0 Å². The minimum atomic E-state index is -0.811. The van der Waals surface area contributed by atoms with Crippen LogP contribution in [-0.4, -0.2) is 42.2 Å². The van der Waals surface area contributed by atoms with Gasteiger partial charge in [0.1, 0.15) is 0 Å². The van der Waals surface area contributed by atoms with Crippen molar-refractivity contribution in [3.63, 3.8) is 0 Å². The Morgan fingerprint density at radius 2 is 2.18 bits per heavy atom. The molecule has 0 aromatic heterocycles. The Hall–Kier alpha value is -0.190. The monoisotopic (exact) mass is 165 g/mol.